The maximum atomic E-state index is 13.5. The molecule has 0 aromatic heterocycles. The fourth-order valence-electron chi connectivity index (χ4n) is 4.22. The van der Waals surface area contributed by atoms with Crippen molar-refractivity contribution in [2.75, 3.05) is 6.54 Å². The highest BCUT2D eigenvalue weighted by atomic mass is 35.5. The van der Waals surface area contributed by atoms with E-state index < -0.39 is 29.6 Å². The first-order valence-electron chi connectivity index (χ1n) is 10.9. The van der Waals surface area contributed by atoms with Crippen LogP contribution >= 0.6 is 11.6 Å². The summed E-state index contributed by atoms with van der Waals surface area (Å²) in [5.74, 6) is -0.737. The molecule has 31 heavy (non-hydrogen) atoms. The molecule has 2 unspecified atom stereocenters. The molecular formula is C23H31ClN2O5. The maximum Gasteiger partial charge on any atom is 0.325 e. The van der Waals surface area contributed by atoms with E-state index in [1.807, 2.05) is 6.92 Å². The van der Waals surface area contributed by atoms with Gasteiger partial charge in [0.05, 0.1) is 0 Å². The third-order valence-electron chi connectivity index (χ3n) is 5.51. The molecule has 0 saturated heterocycles. The van der Waals surface area contributed by atoms with Crippen LogP contribution in [0.2, 0.25) is 5.02 Å². The highest BCUT2D eigenvalue weighted by Crippen LogP contribution is 2.40. The summed E-state index contributed by atoms with van der Waals surface area (Å²) in [7, 11) is 0. The number of fused-ring (bicyclic) bond motifs is 1. The molecule has 0 radical (unpaired) electrons. The molecule has 8 heteroatoms. The zero-order valence-corrected chi connectivity index (χ0v) is 19.3. The van der Waals surface area contributed by atoms with E-state index >= 15 is 0 Å². The maximum absolute atomic E-state index is 13.5. The van der Waals surface area contributed by atoms with Crippen molar-refractivity contribution in [3.63, 3.8) is 0 Å². The first-order chi connectivity index (χ1) is 14.6. The van der Waals surface area contributed by atoms with Crippen molar-refractivity contribution in [2.45, 2.75) is 83.6 Å². The number of esters is 1. The second kappa shape index (κ2) is 9.47. The largest absolute Gasteiger partial charge is 0.480 e. The van der Waals surface area contributed by atoms with Crippen molar-refractivity contribution in [1.82, 2.24) is 10.2 Å². The van der Waals surface area contributed by atoms with Crippen LogP contribution in [0.15, 0.2) is 18.2 Å². The summed E-state index contributed by atoms with van der Waals surface area (Å²) in [6.45, 7) is 6.89. The Morgan fingerprint density at radius 2 is 1.94 bits per heavy atom. The summed E-state index contributed by atoms with van der Waals surface area (Å²) in [4.78, 5) is 40.7. The molecule has 1 saturated carbocycles. The minimum atomic E-state index is -0.928. The van der Waals surface area contributed by atoms with Crippen LogP contribution in [0.5, 0.6) is 5.75 Å². The smallest absolute Gasteiger partial charge is 0.325 e. The van der Waals surface area contributed by atoms with Gasteiger partial charge in [0.25, 0.3) is 5.91 Å². The zero-order valence-electron chi connectivity index (χ0n) is 18.6. The van der Waals surface area contributed by atoms with Crippen molar-refractivity contribution >= 4 is 29.4 Å². The van der Waals surface area contributed by atoms with Crippen molar-refractivity contribution < 1.29 is 23.9 Å². The van der Waals surface area contributed by atoms with Crippen LogP contribution in [-0.4, -0.2) is 47.0 Å². The number of nitrogens with one attached hydrogen (secondary N) is 1. The lowest BCUT2D eigenvalue weighted by atomic mass is 10.00. The van der Waals surface area contributed by atoms with Crippen molar-refractivity contribution in [3.8, 4) is 5.75 Å². The zero-order chi connectivity index (χ0) is 22.8. The SMILES string of the molecule is CCC1Oc2ccc(Cl)cc2C(C(=O)NCC(=O)OC(C)(C)C)N(C2CCCC2)C1=O. The number of rotatable bonds is 5. The second-order valence-corrected chi connectivity index (χ2v) is 9.52. The van der Waals surface area contributed by atoms with Gasteiger partial charge in [0.15, 0.2) is 6.10 Å². The van der Waals surface area contributed by atoms with Crippen LogP contribution in [-0.2, 0) is 19.1 Å². The number of nitrogens with zero attached hydrogens (tertiary/aromatic N) is 1. The molecule has 1 fully saturated rings. The second-order valence-electron chi connectivity index (χ2n) is 9.09. The van der Waals surface area contributed by atoms with Crippen molar-refractivity contribution in [1.29, 1.82) is 0 Å². The molecule has 170 valence electrons. The van der Waals surface area contributed by atoms with Crippen molar-refractivity contribution in [3.05, 3.63) is 28.8 Å². The molecule has 2 atom stereocenters. The third kappa shape index (κ3) is 5.50. The molecule has 1 heterocycles. The number of carbonyl (C=O) groups excluding carboxylic acids is 3. The summed E-state index contributed by atoms with van der Waals surface area (Å²) < 4.78 is 11.3. The molecule has 1 aliphatic carbocycles. The number of benzene rings is 1. The molecule has 1 aromatic carbocycles. The molecule has 1 aromatic rings. The molecule has 7 nitrogen and oxygen atoms in total. The predicted molar refractivity (Wildman–Crippen MR) is 117 cm³/mol. The number of hydrogen-bond donors (Lipinski definition) is 1. The van der Waals surface area contributed by atoms with E-state index in [1.54, 1.807) is 43.9 Å². The minimum Gasteiger partial charge on any atom is -0.480 e. The summed E-state index contributed by atoms with van der Waals surface area (Å²) in [5.41, 5.74) is -0.122. The standard InChI is InChI=1S/C23H31ClN2O5/c1-5-17-22(29)26(15-8-6-7-9-15)20(16-12-14(24)10-11-18(16)30-17)21(28)25-13-19(27)31-23(2,3)4/h10-12,15,17,20H,5-9,13H2,1-4H3,(H,25,28). The Balaban J connectivity index is 1.96. The first kappa shape index (κ1) is 23.4. The monoisotopic (exact) mass is 450 g/mol. The van der Waals surface area contributed by atoms with Gasteiger partial charge in [0.2, 0.25) is 5.91 Å². The molecule has 1 N–H and O–H groups in total. The molecule has 3 rings (SSSR count). The van der Waals surface area contributed by atoms with Crippen molar-refractivity contribution in [2.24, 2.45) is 0 Å². The van der Waals surface area contributed by atoms with Gasteiger partial charge in [-0.2, -0.15) is 0 Å². The molecule has 2 aliphatic rings. The highest BCUT2D eigenvalue weighted by Gasteiger charge is 2.44. The third-order valence-corrected chi connectivity index (χ3v) is 5.74. The van der Waals surface area contributed by atoms with E-state index in [9.17, 15) is 14.4 Å². The minimum absolute atomic E-state index is 0.0626. The van der Waals surface area contributed by atoms with Gasteiger partial charge < -0.3 is 19.7 Å². The topological polar surface area (TPSA) is 84.9 Å². The van der Waals surface area contributed by atoms with Crippen LogP contribution < -0.4 is 10.1 Å². The fourth-order valence-corrected chi connectivity index (χ4v) is 4.40. The average molecular weight is 451 g/mol. The molecular weight excluding hydrogens is 420 g/mol. The van der Waals surface area contributed by atoms with Gasteiger partial charge >= 0.3 is 5.97 Å². The van der Waals surface area contributed by atoms with Gasteiger partial charge in [0.1, 0.15) is 23.9 Å². The Bertz CT molecular complexity index is 845. The Labute approximate surface area is 188 Å². The summed E-state index contributed by atoms with van der Waals surface area (Å²) in [6, 6.07) is 4.05. The Morgan fingerprint density at radius 1 is 1.26 bits per heavy atom. The Morgan fingerprint density at radius 3 is 2.55 bits per heavy atom. The number of hydrogen-bond acceptors (Lipinski definition) is 5. The van der Waals surface area contributed by atoms with Gasteiger partial charge in [-0.25, -0.2) is 0 Å². The number of ether oxygens (including phenoxy) is 2. The van der Waals surface area contributed by atoms with Gasteiger partial charge in [0, 0.05) is 16.6 Å². The molecule has 2 amide bonds. The van der Waals surface area contributed by atoms with Crippen LogP contribution in [0.3, 0.4) is 0 Å². The fraction of sp³-hybridized carbons (Fsp3) is 0.609. The molecule has 0 spiro atoms. The number of halogens is 1. The lowest BCUT2D eigenvalue weighted by Gasteiger charge is -2.35. The summed E-state index contributed by atoms with van der Waals surface area (Å²) >= 11 is 6.25. The van der Waals surface area contributed by atoms with Gasteiger partial charge in [-0.1, -0.05) is 31.4 Å². The molecule has 0 bridgehead atoms. The normalized spacial score (nSPS) is 21.8. The summed E-state index contributed by atoms with van der Waals surface area (Å²) in [6.07, 6.45) is 3.46. The van der Waals surface area contributed by atoms with E-state index in [1.165, 1.54) is 0 Å². The highest BCUT2D eigenvalue weighted by molar-refractivity contribution is 6.30. The average Bonchev–Trinajstić information content (AvgIpc) is 3.18. The Kier molecular flexibility index (Phi) is 7.14. The van der Waals surface area contributed by atoms with Crippen LogP contribution in [0, 0.1) is 0 Å². The van der Waals surface area contributed by atoms with E-state index in [2.05, 4.69) is 5.32 Å². The van der Waals surface area contributed by atoms with Gasteiger partial charge in [-0.05, 0) is 58.2 Å². The van der Waals surface area contributed by atoms with Crippen LogP contribution in [0.1, 0.15) is 71.4 Å². The first-order valence-corrected chi connectivity index (χ1v) is 11.3. The summed E-state index contributed by atoms with van der Waals surface area (Å²) in [5, 5.41) is 3.11. The number of amides is 2. The van der Waals surface area contributed by atoms with Crippen LogP contribution in [0.25, 0.3) is 0 Å². The van der Waals surface area contributed by atoms with E-state index in [0.717, 1.165) is 25.7 Å². The number of carbonyl (C=O) groups is 3. The van der Waals surface area contributed by atoms with Gasteiger partial charge in [-0.3, -0.25) is 14.4 Å². The predicted octanol–water partition coefficient (Wildman–Crippen LogP) is 3.78. The van der Waals surface area contributed by atoms with Gasteiger partial charge in [-0.15, -0.1) is 0 Å². The lowest BCUT2D eigenvalue weighted by Crippen LogP contribution is -2.51. The van der Waals surface area contributed by atoms with Crippen LogP contribution in [0.4, 0.5) is 0 Å². The van der Waals surface area contributed by atoms with E-state index in [-0.39, 0.29) is 18.5 Å². The van der Waals surface area contributed by atoms with E-state index in [0.29, 0.717) is 22.8 Å². The molecule has 1 aliphatic heterocycles. The lowest BCUT2D eigenvalue weighted by molar-refractivity contribution is -0.155. The quantitative estimate of drug-likeness (QED) is 0.690. The van der Waals surface area contributed by atoms with E-state index in [4.69, 9.17) is 21.1 Å². The Hall–Kier alpha value is -2.28.